The molecule has 7 heteroatoms. The number of hydrogen-bond acceptors (Lipinski definition) is 4. The molecule has 1 amide bonds. The molecule has 0 spiro atoms. The molecule has 0 saturated heterocycles. The molecule has 1 fully saturated rings. The molecule has 2 N–H and O–H groups in total. The summed E-state index contributed by atoms with van der Waals surface area (Å²) in [6, 6.07) is 4.06. The number of aromatic amines is 1. The average Bonchev–Trinajstić information content (AvgIpc) is 3.20. The summed E-state index contributed by atoms with van der Waals surface area (Å²) >= 11 is 0. The molecule has 130 valence electrons. The van der Waals surface area contributed by atoms with Crippen LogP contribution in [0.2, 0.25) is 0 Å². The van der Waals surface area contributed by atoms with Crippen molar-refractivity contribution in [2.24, 2.45) is 5.41 Å². The monoisotopic (exact) mass is 331 g/mol. The summed E-state index contributed by atoms with van der Waals surface area (Å²) in [7, 11) is 1.59. The number of nitrogens with zero attached hydrogens (tertiary/aromatic N) is 3. The van der Waals surface area contributed by atoms with Gasteiger partial charge >= 0.3 is 0 Å². The van der Waals surface area contributed by atoms with E-state index in [9.17, 15) is 4.79 Å². The van der Waals surface area contributed by atoms with Gasteiger partial charge in [0.25, 0.3) is 0 Å². The Morgan fingerprint density at radius 3 is 2.79 bits per heavy atom. The number of H-pyrrole nitrogens is 1. The van der Waals surface area contributed by atoms with Crippen LogP contribution >= 0.6 is 0 Å². The molecule has 3 rings (SSSR count). The second kappa shape index (κ2) is 7.61. The van der Waals surface area contributed by atoms with Crippen LogP contribution in [-0.4, -0.2) is 32.8 Å². The lowest BCUT2D eigenvalue weighted by Crippen LogP contribution is -2.34. The van der Waals surface area contributed by atoms with Crippen molar-refractivity contribution in [3.8, 4) is 0 Å². The van der Waals surface area contributed by atoms with Crippen LogP contribution in [-0.2, 0) is 22.7 Å². The van der Waals surface area contributed by atoms with Crippen LogP contribution in [0.1, 0.15) is 44.3 Å². The van der Waals surface area contributed by atoms with Gasteiger partial charge in [0.05, 0.1) is 0 Å². The van der Waals surface area contributed by atoms with Crippen molar-refractivity contribution < 1.29 is 9.53 Å². The fourth-order valence-electron chi connectivity index (χ4n) is 3.62. The van der Waals surface area contributed by atoms with E-state index in [-0.39, 0.29) is 11.3 Å². The molecule has 24 heavy (non-hydrogen) atoms. The van der Waals surface area contributed by atoms with Gasteiger partial charge in [-0.05, 0) is 30.4 Å². The van der Waals surface area contributed by atoms with Gasteiger partial charge in [0, 0.05) is 32.5 Å². The van der Waals surface area contributed by atoms with E-state index in [0.717, 1.165) is 19.4 Å². The summed E-state index contributed by atoms with van der Waals surface area (Å²) < 4.78 is 7.18. The number of carbonyl (C=O) groups is 1. The Morgan fingerprint density at radius 1 is 1.33 bits per heavy atom. The van der Waals surface area contributed by atoms with Gasteiger partial charge in [-0.2, -0.15) is 4.98 Å². The lowest BCUT2D eigenvalue weighted by molar-refractivity contribution is -0.119. The Bertz CT molecular complexity index is 644. The Morgan fingerprint density at radius 2 is 2.08 bits per heavy atom. The third-order valence-electron chi connectivity index (χ3n) is 4.70. The molecule has 2 aromatic heterocycles. The first kappa shape index (κ1) is 16.7. The van der Waals surface area contributed by atoms with Crippen LogP contribution in [0, 0.1) is 5.41 Å². The topological polar surface area (TPSA) is 84.8 Å². The lowest BCUT2D eigenvalue weighted by Gasteiger charge is -2.37. The number of ether oxygens (including phenoxy) is 1. The van der Waals surface area contributed by atoms with Gasteiger partial charge in [0.1, 0.15) is 6.61 Å². The third kappa shape index (κ3) is 4.23. The fraction of sp³-hybridized carbons (Fsp3) is 0.588. The van der Waals surface area contributed by atoms with Crippen LogP contribution in [0.4, 0.5) is 5.95 Å². The van der Waals surface area contributed by atoms with E-state index in [1.807, 2.05) is 12.1 Å². The largest absolute Gasteiger partial charge is 0.377 e. The lowest BCUT2D eigenvalue weighted by atomic mass is 9.71. The molecule has 2 heterocycles. The molecular weight excluding hydrogens is 306 g/mol. The second-order valence-corrected chi connectivity index (χ2v) is 6.68. The number of rotatable bonds is 7. The van der Waals surface area contributed by atoms with Crippen molar-refractivity contribution in [3.63, 3.8) is 0 Å². The molecule has 0 atom stereocenters. The molecule has 1 aliphatic rings. The van der Waals surface area contributed by atoms with Crippen molar-refractivity contribution in [1.82, 2.24) is 19.7 Å². The summed E-state index contributed by atoms with van der Waals surface area (Å²) in [5.74, 6) is 0.901. The Balaban J connectivity index is 1.64. The average molecular weight is 331 g/mol. The number of methoxy groups -OCH3 is 1. The maximum atomic E-state index is 12.5. The standard InChI is InChI=1S/C17H25N5O2/c1-24-12-14-18-16(21-20-14)19-15(23)11-17(7-3-2-4-8-17)13-22-9-5-6-10-22/h5-6,9-10H,2-4,7-8,11-13H2,1H3,(H2,18,19,20,21,23). The minimum atomic E-state index is -0.0213. The maximum Gasteiger partial charge on any atom is 0.248 e. The molecule has 1 aliphatic carbocycles. The SMILES string of the molecule is COCc1nc(NC(=O)CC2(Cn3cccc3)CCCCC2)n[nH]1. The van der Waals surface area contributed by atoms with Crippen LogP contribution in [0.5, 0.6) is 0 Å². The normalized spacial score (nSPS) is 16.9. The van der Waals surface area contributed by atoms with Crippen molar-refractivity contribution in [3.05, 3.63) is 30.4 Å². The first-order chi connectivity index (χ1) is 11.7. The summed E-state index contributed by atoms with van der Waals surface area (Å²) in [6.45, 7) is 1.23. The highest BCUT2D eigenvalue weighted by atomic mass is 16.5. The summed E-state index contributed by atoms with van der Waals surface area (Å²) in [5.41, 5.74) is 0.0209. The van der Waals surface area contributed by atoms with Crippen molar-refractivity contribution >= 4 is 11.9 Å². The molecule has 7 nitrogen and oxygen atoms in total. The van der Waals surface area contributed by atoms with Gasteiger partial charge in [0.15, 0.2) is 5.82 Å². The first-order valence-electron chi connectivity index (χ1n) is 8.50. The van der Waals surface area contributed by atoms with Crippen LogP contribution in [0.3, 0.4) is 0 Å². The van der Waals surface area contributed by atoms with Crippen LogP contribution < -0.4 is 5.32 Å². The minimum absolute atomic E-state index is 0.0209. The zero-order valence-electron chi connectivity index (χ0n) is 14.1. The molecule has 2 aromatic rings. The Labute approximate surface area is 141 Å². The summed E-state index contributed by atoms with van der Waals surface area (Å²) in [5, 5.41) is 9.58. The van der Waals surface area contributed by atoms with E-state index in [0.29, 0.717) is 24.8 Å². The number of aromatic nitrogens is 4. The van der Waals surface area contributed by atoms with Gasteiger partial charge in [-0.25, -0.2) is 0 Å². The van der Waals surface area contributed by atoms with Gasteiger partial charge in [-0.1, -0.05) is 19.3 Å². The predicted octanol–water partition coefficient (Wildman–Crippen LogP) is 2.73. The van der Waals surface area contributed by atoms with Crippen molar-refractivity contribution in [2.45, 2.75) is 51.7 Å². The van der Waals surface area contributed by atoms with E-state index in [1.165, 1.54) is 19.3 Å². The summed E-state index contributed by atoms with van der Waals surface area (Å²) in [4.78, 5) is 16.7. The number of nitrogens with one attached hydrogen (secondary N) is 2. The highest BCUT2D eigenvalue weighted by Crippen LogP contribution is 2.41. The van der Waals surface area contributed by atoms with E-state index < -0.39 is 0 Å². The summed E-state index contributed by atoms with van der Waals surface area (Å²) in [6.07, 6.45) is 10.4. The van der Waals surface area contributed by atoms with Crippen molar-refractivity contribution in [1.29, 1.82) is 0 Å². The molecule has 0 unspecified atom stereocenters. The van der Waals surface area contributed by atoms with E-state index in [2.05, 4.69) is 37.5 Å². The molecule has 0 radical (unpaired) electrons. The van der Waals surface area contributed by atoms with Gasteiger partial charge in [-0.15, -0.1) is 5.10 Å². The van der Waals surface area contributed by atoms with Gasteiger partial charge < -0.3 is 9.30 Å². The van der Waals surface area contributed by atoms with E-state index in [1.54, 1.807) is 7.11 Å². The van der Waals surface area contributed by atoms with Gasteiger partial charge in [0.2, 0.25) is 11.9 Å². The third-order valence-corrected chi connectivity index (χ3v) is 4.70. The number of amides is 1. The zero-order chi connectivity index (χ0) is 16.8. The van der Waals surface area contributed by atoms with Crippen molar-refractivity contribution in [2.75, 3.05) is 12.4 Å². The smallest absolute Gasteiger partial charge is 0.248 e. The van der Waals surface area contributed by atoms with Gasteiger partial charge in [-0.3, -0.25) is 15.2 Å². The minimum Gasteiger partial charge on any atom is -0.377 e. The number of anilines is 1. The van der Waals surface area contributed by atoms with E-state index >= 15 is 0 Å². The Kier molecular flexibility index (Phi) is 5.30. The molecule has 1 saturated carbocycles. The quantitative estimate of drug-likeness (QED) is 0.817. The fourth-order valence-corrected chi connectivity index (χ4v) is 3.62. The molecular formula is C17H25N5O2. The maximum absolute atomic E-state index is 12.5. The second-order valence-electron chi connectivity index (χ2n) is 6.68. The van der Waals surface area contributed by atoms with Crippen LogP contribution in [0.25, 0.3) is 0 Å². The predicted molar refractivity (Wildman–Crippen MR) is 90.3 cm³/mol. The zero-order valence-corrected chi connectivity index (χ0v) is 14.1. The Hall–Kier alpha value is -2.15. The number of hydrogen-bond donors (Lipinski definition) is 2. The molecule has 0 aromatic carbocycles. The van der Waals surface area contributed by atoms with Crippen LogP contribution in [0.15, 0.2) is 24.5 Å². The molecule has 0 aliphatic heterocycles. The molecule has 0 bridgehead atoms. The highest BCUT2D eigenvalue weighted by Gasteiger charge is 2.34. The number of carbonyl (C=O) groups excluding carboxylic acids is 1. The highest BCUT2D eigenvalue weighted by molar-refractivity contribution is 5.89. The first-order valence-corrected chi connectivity index (χ1v) is 8.50. The van der Waals surface area contributed by atoms with E-state index in [4.69, 9.17) is 4.74 Å².